The molecule has 0 radical (unpaired) electrons. The van der Waals surface area contributed by atoms with Crippen LogP contribution < -0.4 is 11.1 Å². The number of nitrogens with zero attached hydrogens (tertiary/aromatic N) is 2. The highest BCUT2D eigenvalue weighted by molar-refractivity contribution is 6.08. The number of rotatable bonds is 5. The number of hydrogen-bond donors (Lipinski definition) is 2. The summed E-state index contributed by atoms with van der Waals surface area (Å²) in [7, 11) is 0. The van der Waals surface area contributed by atoms with Crippen molar-refractivity contribution in [2.75, 3.05) is 6.61 Å². The Hall–Kier alpha value is -4.21. The van der Waals surface area contributed by atoms with Gasteiger partial charge in [0.1, 0.15) is 6.04 Å². The molecule has 154 valence electrons. The van der Waals surface area contributed by atoms with Gasteiger partial charge in [-0.15, -0.1) is 0 Å². The molecule has 3 rings (SSSR count). The summed E-state index contributed by atoms with van der Waals surface area (Å²) < 4.78 is 5.17. The normalized spacial score (nSPS) is 16.1. The number of imide groups is 1. The minimum Gasteiger partial charge on any atom is -0.463 e. The highest BCUT2D eigenvalue weighted by Crippen LogP contribution is 2.38. The zero-order valence-electron chi connectivity index (χ0n) is 15.9. The summed E-state index contributed by atoms with van der Waals surface area (Å²) in [4.78, 5) is 49.0. The van der Waals surface area contributed by atoms with Gasteiger partial charge in [0.15, 0.2) is 0 Å². The van der Waals surface area contributed by atoms with Crippen LogP contribution in [0.15, 0.2) is 60.2 Å². The van der Waals surface area contributed by atoms with E-state index in [2.05, 4.69) is 5.32 Å². The largest absolute Gasteiger partial charge is 0.463 e. The van der Waals surface area contributed by atoms with Crippen LogP contribution >= 0.6 is 0 Å². The zero-order chi connectivity index (χ0) is 21.8. The number of benzene rings is 2. The van der Waals surface area contributed by atoms with Crippen LogP contribution in [0.5, 0.6) is 0 Å². The van der Waals surface area contributed by atoms with Gasteiger partial charge in [0.05, 0.1) is 22.8 Å². The molecular formula is C20H18N4O6. The molecule has 10 heteroatoms. The summed E-state index contributed by atoms with van der Waals surface area (Å²) in [6, 6.07) is 10.5. The predicted molar refractivity (Wildman–Crippen MR) is 106 cm³/mol. The second-order valence-electron chi connectivity index (χ2n) is 6.27. The van der Waals surface area contributed by atoms with Gasteiger partial charge in [0.2, 0.25) is 0 Å². The Labute approximate surface area is 171 Å². The summed E-state index contributed by atoms with van der Waals surface area (Å²) in [5.41, 5.74) is 5.87. The van der Waals surface area contributed by atoms with E-state index in [0.717, 1.165) is 0 Å². The minimum absolute atomic E-state index is 0.0383. The average molecular weight is 410 g/mol. The molecule has 0 fully saturated rings. The van der Waals surface area contributed by atoms with Crippen molar-refractivity contribution in [1.82, 2.24) is 10.2 Å². The summed E-state index contributed by atoms with van der Waals surface area (Å²) >= 11 is 0. The number of carbonyl (C=O) groups excluding carboxylic acids is 3. The minimum atomic E-state index is -1.31. The van der Waals surface area contributed by atoms with Gasteiger partial charge in [0, 0.05) is 12.1 Å². The second-order valence-corrected chi connectivity index (χ2v) is 6.27. The molecule has 3 N–H and O–H groups in total. The van der Waals surface area contributed by atoms with Crippen molar-refractivity contribution in [1.29, 1.82) is 0 Å². The Kier molecular flexibility index (Phi) is 5.77. The second kappa shape index (κ2) is 8.43. The van der Waals surface area contributed by atoms with E-state index in [1.54, 1.807) is 37.3 Å². The number of carbonyl (C=O) groups is 3. The number of urea groups is 2. The van der Waals surface area contributed by atoms with Gasteiger partial charge in [-0.05, 0) is 18.1 Å². The van der Waals surface area contributed by atoms with E-state index in [1.807, 2.05) is 0 Å². The fraction of sp³-hybridized carbons (Fsp3) is 0.150. The highest BCUT2D eigenvalue weighted by atomic mass is 16.6. The molecule has 4 amide bonds. The Morgan fingerprint density at radius 1 is 1.20 bits per heavy atom. The Morgan fingerprint density at radius 2 is 1.90 bits per heavy atom. The average Bonchev–Trinajstić information content (AvgIpc) is 2.73. The van der Waals surface area contributed by atoms with Crippen molar-refractivity contribution in [2.45, 2.75) is 13.0 Å². The number of ether oxygens (including phenoxy) is 1. The predicted octanol–water partition coefficient (Wildman–Crippen LogP) is 2.71. The third kappa shape index (κ3) is 3.83. The van der Waals surface area contributed by atoms with Crippen LogP contribution in [0.25, 0.3) is 5.70 Å². The molecule has 1 aliphatic heterocycles. The molecule has 1 atom stereocenters. The molecule has 10 nitrogen and oxygen atoms in total. The van der Waals surface area contributed by atoms with E-state index >= 15 is 0 Å². The van der Waals surface area contributed by atoms with E-state index in [-0.39, 0.29) is 29.1 Å². The van der Waals surface area contributed by atoms with Crippen molar-refractivity contribution in [3.8, 4) is 0 Å². The molecule has 1 unspecified atom stereocenters. The lowest BCUT2D eigenvalue weighted by atomic mass is 9.91. The summed E-state index contributed by atoms with van der Waals surface area (Å²) in [6.45, 7) is 1.65. The first-order valence-electron chi connectivity index (χ1n) is 8.95. The first-order valence-corrected chi connectivity index (χ1v) is 8.95. The van der Waals surface area contributed by atoms with Crippen LogP contribution in [0.2, 0.25) is 0 Å². The zero-order valence-corrected chi connectivity index (χ0v) is 15.9. The van der Waals surface area contributed by atoms with Crippen LogP contribution in [0.4, 0.5) is 15.3 Å². The Bertz CT molecular complexity index is 1050. The van der Waals surface area contributed by atoms with Gasteiger partial charge >= 0.3 is 18.0 Å². The van der Waals surface area contributed by atoms with Crippen LogP contribution in [0, 0.1) is 10.1 Å². The van der Waals surface area contributed by atoms with Crippen molar-refractivity contribution in [3.05, 3.63) is 81.4 Å². The number of nitrogens with two attached hydrogens (primary N) is 1. The van der Waals surface area contributed by atoms with E-state index in [9.17, 15) is 24.5 Å². The topological polar surface area (TPSA) is 145 Å². The molecule has 0 saturated heterocycles. The van der Waals surface area contributed by atoms with Crippen molar-refractivity contribution < 1.29 is 24.0 Å². The number of non-ortho nitro benzene ring substituents is 1. The first-order chi connectivity index (χ1) is 14.3. The molecule has 1 aliphatic rings. The molecule has 0 aromatic heterocycles. The maximum atomic E-state index is 12.9. The quantitative estimate of drug-likeness (QED) is 0.440. The number of nitrogens with one attached hydrogen (secondary N) is 1. The van der Waals surface area contributed by atoms with Crippen LogP contribution in [0.1, 0.15) is 24.1 Å². The maximum absolute atomic E-state index is 12.9. The third-order valence-electron chi connectivity index (χ3n) is 4.44. The fourth-order valence-corrected chi connectivity index (χ4v) is 3.22. The molecule has 2 aromatic rings. The molecule has 0 bridgehead atoms. The molecule has 30 heavy (non-hydrogen) atoms. The van der Waals surface area contributed by atoms with Gasteiger partial charge in [0.25, 0.3) is 5.69 Å². The summed E-state index contributed by atoms with van der Waals surface area (Å²) in [5.74, 6) is -0.792. The Balaban J connectivity index is 2.32. The fourth-order valence-electron chi connectivity index (χ4n) is 3.22. The summed E-state index contributed by atoms with van der Waals surface area (Å²) in [5, 5.41) is 13.8. The van der Waals surface area contributed by atoms with E-state index in [1.165, 1.54) is 24.3 Å². The lowest BCUT2D eigenvalue weighted by Crippen LogP contribution is -2.53. The molecule has 0 spiro atoms. The molecular weight excluding hydrogens is 392 g/mol. The standard InChI is InChI=1S/C20H18N4O6/c1-2-30-18(25)15-16(12-7-4-3-5-8-12)22-20(27)23(19(21)26)17(15)13-9-6-10-14(11-13)24(28)29/h3-11,17H,2H2,1H3,(H2,21,26)(H,22,27). The molecule has 0 aliphatic carbocycles. The lowest BCUT2D eigenvalue weighted by Gasteiger charge is -2.36. The van der Waals surface area contributed by atoms with Gasteiger partial charge in [-0.3, -0.25) is 10.1 Å². The van der Waals surface area contributed by atoms with Crippen LogP contribution in [-0.4, -0.2) is 34.5 Å². The van der Waals surface area contributed by atoms with Crippen molar-refractivity contribution in [2.24, 2.45) is 5.73 Å². The highest BCUT2D eigenvalue weighted by Gasteiger charge is 2.43. The van der Waals surface area contributed by atoms with Crippen molar-refractivity contribution >= 4 is 29.4 Å². The molecule has 1 heterocycles. The molecule has 0 saturated carbocycles. The van der Waals surface area contributed by atoms with Crippen molar-refractivity contribution in [3.63, 3.8) is 0 Å². The van der Waals surface area contributed by atoms with Gasteiger partial charge in [-0.2, -0.15) is 0 Å². The third-order valence-corrected chi connectivity index (χ3v) is 4.44. The number of amides is 4. The van der Waals surface area contributed by atoms with Crippen LogP contribution in [0.3, 0.4) is 0 Å². The number of hydrogen-bond acceptors (Lipinski definition) is 6. The van der Waals surface area contributed by atoms with Gasteiger partial charge < -0.3 is 15.8 Å². The Morgan fingerprint density at radius 3 is 2.50 bits per heavy atom. The van der Waals surface area contributed by atoms with E-state index in [4.69, 9.17) is 10.5 Å². The maximum Gasteiger partial charge on any atom is 0.338 e. The number of nitro benzene ring substituents is 1. The van der Waals surface area contributed by atoms with E-state index in [0.29, 0.717) is 10.5 Å². The van der Waals surface area contributed by atoms with Gasteiger partial charge in [-0.1, -0.05) is 42.5 Å². The smallest absolute Gasteiger partial charge is 0.338 e. The van der Waals surface area contributed by atoms with Crippen LogP contribution in [-0.2, 0) is 9.53 Å². The first kappa shape index (κ1) is 20.5. The number of nitro groups is 1. The lowest BCUT2D eigenvalue weighted by molar-refractivity contribution is -0.384. The molecule has 2 aromatic carbocycles. The number of primary amides is 1. The van der Waals surface area contributed by atoms with Gasteiger partial charge in [-0.25, -0.2) is 19.3 Å². The summed E-state index contributed by atoms with van der Waals surface area (Å²) in [6.07, 6.45) is 0. The SMILES string of the molecule is CCOC(=O)C1=C(c2ccccc2)NC(=O)N(C(N)=O)C1c1cccc([N+](=O)[O-])c1. The monoisotopic (exact) mass is 410 g/mol. The van der Waals surface area contributed by atoms with E-state index < -0.39 is 29.0 Å². The number of esters is 1.